The van der Waals surface area contributed by atoms with E-state index in [0.29, 0.717) is 0 Å². The zero-order valence-corrected chi connectivity index (χ0v) is 10.9. The Hall–Kier alpha value is 0.674. The van der Waals surface area contributed by atoms with Crippen molar-refractivity contribution in [3.63, 3.8) is 0 Å². The van der Waals surface area contributed by atoms with Crippen molar-refractivity contribution < 1.29 is 26.5 Å². The van der Waals surface area contributed by atoms with Gasteiger partial charge in [0, 0.05) is 21.7 Å². The Morgan fingerprint density at radius 3 is 1.25 bits per heavy atom. The van der Waals surface area contributed by atoms with Gasteiger partial charge in [-0.3, -0.25) is 0 Å². The Morgan fingerprint density at radius 2 is 1.08 bits per heavy atom. The Balaban J connectivity index is 0. The second-order valence-corrected chi connectivity index (χ2v) is 4.33. The molecule has 0 N–H and O–H groups in total. The zero-order valence-electron chi connectivity index (χ0n) is 9.32. The van der Waals surface area contributed by atoms with E-state index in [1.807, 2.05) is 0 Å². The normalized spacial score (nSPS) is 12.5. The molecule has 0 spiro atoms. The molecular formula is C10H22OTi. The summed E-state index contributed by atoms with van der Waals surface area (Å²) < 4.78 is 5.92. The zero-order chi connectivity index (χ0) is 9.12. The average molecular weight is 206 g/mol. The van der Waals surface area contributed by atoms with Crippen molar-refractivity contribution in [1.82, 2.24) is 0 Å². The van der Waals surface area contributed by atoms with E-state index >= 15 is 0 Å². The second-order valence-electron chi connectivity index (χ2n) is 4.33. The van der Waals surface area contributed by atoms with Crippen LogP contribution in [0.15, 0.2) is 0 Å². The molecule has 0 aromatic heterocycles. The number of hydrogen-bond acceptors (Lipinski definition) is 1. The van der Waals surface area contributed by atoms with Crippen molar-refractivity contribution in [3.05, 3.63) is 0 Å². The van der Waals surface area contributed by atoms with Crippen LogP contribution in [-0.4, -0.2) is 11.2 Å². The van der Waals surface area contributed by atoms with Crippen molar-refractivity contribution in [2.75, 3.05) is 0 Å². The molecule has 1 nitrogen and oxygen atoms in total. The van der Waals surface area contributed by atoms with E-state index in [9.17, 15) is 0 Å². The first-order valence-corrected chi connectivity index (χ1v) is 4.53. The molecule has 12 heavy (non-hydrogen) atoms. The van der Waals surface area contributed by atoms with Gasteiger partial charge in [0.2, 0.25) is 0 Å². The molecule has 0 radical (unpaired) electrons. The van der Waals surface area contributed by atoms with Crippen LogP contribution >= 0.6 is 0 Å². The summed E-state index contributed by atoms with van der Waals surface area (Å²) in [7, 11) is 0. The predicted octanol–water partition coefficient (Wildman–Crippen LogP) is 3.38. The fourth-order valence-electron chi connectivity index (χ4n) is 0.892. The fourth-order valence-corrected chi connectivity index (χ4v) is 0.892. The van der Waals surface area contributed by atoms with Crippen molar-refractivity contribution in [2.24, 2.45) is 0 Å². The van der Waals surface area contributed by atoms with Crippen molar-refractivity contribution in [1.29, 1.82) is 0 Å². The maximum absolute atomic E-state index is 5.92. The average Bonchev–Trinajstić information content (AvgIpc) is 1.86. The molecule has 0 aliphatic heterocycles. The third kappa shape index (κ3) is 6.22. The first-order chi connectivity index (χ1) is 4.83. The van der Waals surface area contributed by atoms with Crippen LogP contribution in [0.5, 0.6) is 0 Å². The summed E-state index contributed by atoms with van der Waals surface area (Å²) in [5.74, 6) is 0. The van der Waals surface area contributed by atoms with Crippen LogP contribution in [0.3, 0.4) is 0 Å². The Labute approximate surface area is 92.1 Å². The van der Waals surface area contributed by atoms with Gasteiger partial charge in [0.1, 0.15) is 0 Å². The summed E-state index contributed by atoms with van der Waals surface area (Å²) in [6.45, 7) is 12.9. The monoisotopic (exact) mass is 206 g/mol. The molecule has 0 aromatic carbocycles. The van der Waals surface area contributed by atoms with Crippen LogP contribution in [0.1, 0.15) is 54.4 Å². The standard InChI is InChI=1S/C10H22O.Ti/c1-7-9(3,4)11-10(5,6)8-2;/h7-8H2,1-6H3;. The topological polar surface area (TPSA) is 9.23 Å². The van der Waals surface area contributed by atoms with Crippen LogP contribution in [0.25, 0.3) is 0 Å². The molecule has 0 saturated heterocycles. The van der Waals surface area contributed by atoms with Crippen LogP contribution in [0.2, 0.25) is 0 Å². The van der Waals surface area contributed by atoms with E-state index in [1.165, 1.54) is 0 Å². The molecule has 2 heteroatoms. The molecule has 0 aliphatic carbocycles. The minimum atomic E-state index is 0. The molecule has 0 bridgehead atoms. The maximum atomic E-state index is 5.92. The van der Waals surface area contributed by atoms with Gasteiger partial charge in [-0.25, -0.2) is 0 Å². The van der Waals surface area contributed by atoms with Gasteiger partial charge in [0.05, 0.1) is 11.2 Å². The SMILES string of the molecule is CCC(C)(C)OC(C)(C)CC.[Ti]. The fraction of sp³-hybridized carbons (Fsp3) is 1.00. The molecule has 0 aliphatic rings. The van der Waals surface area contributed by atoms with Gasteiger partial charge in [-0.15, -0.1) is 0 Å². The summed E-state index contributed by atoms with van der Waals surface area (Å²) in [6.07, 6.45) is 2.13. The van der Waals surface area contributed by atoms with E-state index in [0.717, 1.165) is 12.8 Å². The summed E-state index contributed by atoms with van der Waals surface area (Å²) in [5, 5.41) is 0. The molecule has 0 heterocycles. The summed E-state index contributed by atoms with van der Waals surface area (Å²) in [6, 6.07) is 0. The molecule has 0 fully saturated rings. The van der Waals surface area contributed by atoms with Gasteiger partial charge in [-0.1, -0.05) is 13.8 Å². The molecule has 0 atom stereocenters. The molecule has 0 saturated carbocycles. The molecule has 0 amide bonds. The first-order valence-electron chi connectivity index (χ1n) is 4.53. The molecule has 72 valence electrons. The van der Waals surface area contributed by atoms with E-state index in [2.05, 4.69) is 41.5 Å². The van der Waals surface area contributed by atoms with Crippen LogP contribution in [-0.2, 0) is 26.5 Å². The molecular weight excluding hydrogens is 184 g/mol. The Kier molecular flexibility index (Phi) is 6.84. The van der Waals surface area contributed by atoms with E-state index in [1.54, 1.807) is 0 Å². The van der Waals surface area contributed by atoms with Gasteiger partial charge in [0.25, 0.3) is 0 Å². The number of hydrogen-bond donors (Lipinski definition) is 0. The third-order valence-electron chi connectivity index (χ3n) is 2.26. The van der Waals surface area contributed by atoms with Crippen molar-refractivity contribution in [2.45, 2.75) is 65.6 Å². The molecule has 0 aromatic rings. The van der Waals surface area contributed by atoms with Gasteiger partial charge < -0.3 is 4.74 Å². The van der Waals surface area contributed by atoms with Gasteiger partial charge in [-0.2, -0.15) is 0 Å². The summed E-state index contributed by atoms with van der Waals surface area (Å²) >= 11 is 0. The minimum Gasteiger partial charge on any atom is -0.370 e. The minimum absolute atomic E-state index is 0. The van der Waals surface area contributed by atoms with Gasteiger partial charge in [-0.05, 0) is 40.5 Å². The summed E-state index contributed by atoms with van der Waals surface area (Å²) in [4.78, 5) is 0. The third-order valence-corrected chi connectivity index (χ3v) is 2.26. The number of rotatable bonds is 4. The Morgan fingerprint density at radius 1 is 0.833 bits per heavy atom. The first kappa shape index (κ1) is 15.2. The number of ether oxygens (including phenoxy) is 1. The summed E-state index contributed by atoms with van der Waals surface area (Å²) in [5.41, 5.74) is 0.0546. The molecule has 0 unspecified atom stereocenters. The largest absolute Gasteiger partial charge is 0.370 e. The van der Waals surface area contributed by atoms with Crippen molar-refractivity contribution in [3.8, 4) is 0 Å². The predicted molar refractivity (Wildman–Crippen MR) is 49.8 cm³/mol. The molecule has 0 rings (SSSR count). The smallest absolute Gasteiger partial charge is 0.0631 e. The quantitative estimate of drug-likeness (QED) is 0.640. The van der Waals surface area contributed by atoms with E-state index < -0.39 is 0 Å². The van der Waals surface area contributed by atoms with E-state index in [-0.39, 0.29) is 32.9 Å². The van der Waals surface area contributed by atoms with Crippen LogP contribution < -0.4 is 0 Å². The Bertz CT molecular complexity index is 105. The van der Waals surface area contributed by atoms with E-state index in [4.69, 9.17) is 4.74 Å². The van der Waals surface area contributed by atoms with Gasteiger partial charge >= 0.3 is 0 Å². The van der Waals surface area contributed by atoms with Crippen molar-refractivity contribution >= 4 is 0 Å². The van der Waals surface area contributed by atoms with Gasteiger partial charge in [0.15, 0.2) is 0 Å². The maximum Gasteiger partial charge on any atom is 0.0631 e. The van der Waals surface area contributed by atoms with Crippen LogP contribution in [0.4, 0.5) is 0 Å². The second kappa shape index (κ2) is 5.41. The van der Waals surface area contributed by atoms with Crippen LogP contribution in [0, 0.1) is 0 Å².